The SMILES string of the molecule is CCCCCC(O)c1ccc(Cl)cc1. The fraction of sp³-hybridized carbons (Fsp3) is 0.500. The standard InChI is InChI=1S/C12H17ClO/c1-2-3-4-5-12(14)10-6-8-11(13)9-7-10/h6-9,12,14H,2-5H2,1H3. The van der Waals surface area contributed by atoms with Gasteiger partial charge in [0.05, 0.1) is 6.10 Å². The topological polar surface area (TPSA) is 20.2 Å². The molecule has 0 spiro atoms. The third-order valence-electron chi connectivity index (χ3n) is 2.34. The van der Waals surface area contributed by atoms with Gasteiger partial charge in [0.15, 0.2) is 0 Å². The minimum atomic E-state index is -0.334. The average Bonchev–Trinajstić information content (AvgIpc) is 2.19. The largest absolute Gasteiger partial charge is 0.388 e. The highest BCUT2D eigenvalue weighted by Gasteiger charge is 2.05. The van der Waals surface area contributed by atoms with Gasteiger partial charge in [0, 0.05) is 5.02 Å². The number of aliphatic hydroxyl groups excluding tert-OH is 1. The van der Waals surface area contributed by atoms with Crippen molar-refractivity contribution >= 4 is 11.6 Å². The molecule has 0 fully saturated rings. The summed E-state index contributed by atoms with van der Waals surface area (Å²) in [5, 5.41) is 10.5. The molecule has 1 unspecified atom stereocenters. The first-order valence-electron chi connectivity index (χ1n) is 5.17. The van der Waals surface area contributed by atoms with E-state index in [4.69, 9.17) is 11.6 Å². The van der Waals surface area contributed by atoms with Crippen molar-refractivity contribution < 1.29 is 5.11 Å². The highest BCUT2D eigenvalue weighted by Crippen LogP contribution is 2.21. The van der Waals surface area contributed by atoms with Crippen LogP contribution in [-0.4, -0.2) is 5.11 Å². The van der Waals surface area contributed by atoms with Crippen LogP contribution in [0.4, 0.5) is 0 Å². The number of benzene rings is 1. The second-order valence-electron chi connectivity index (χ2n) is 3.56. The molecule has 1 aromatic rings. The van der Waals surface area contributed by atoms with E-state index in [1.54, 1.807) is 0 Å². The fourth-order valence-corrected chi connectivity index (χ4v) is 1.57. The Labute approximate surface area is 90.7 Å². The lowest BCUT2D eigenvalue weighted by molar-refractivity contribution is 0.163. The van der Waals surface area contributed by atoms with Crippen molar-refractivity contribution in [2.24, 2.45) is 0 Å². The summed E-state index contributed by atoms with van der Waals surface area (Å²) in [5.74, 6) is 0. The van der Waals surface area contributed by atoms with E-state index in [0.717, 1.165) is 23.4 Å². The molecule has 1 rings (SSSR count). The maximum Gasteiger partial charge on any atom is 0.0790 e. The van der Waals surface area contributed by atoms with Gasteiger partial charge in [0.25, 0.3) is 0 Å². The molecule has 0 heterocycles. The van der Waals surface area contributed by atoms with E-state index in [0.29, 0.717) is 0 Å². The second kappa shape index (κ2) is 6.05. The molecule has 1 atom stereocenters. The van der Waals surface area contributed by atoms with Crippen LogP contribution < -0.4 is 0 Å². The van der Waals surface area contributed by atoms with Crippen LogP contribution in [-0.2, 0) is 0 Å². The summed E-state index contributed by atoms with van der Waals surface area (Å²) in [6, 6.07) is 7.41. The zero-order chi connectivity index (χ0) is 10.4. The number of halogens is 1. The molecule has 1 N–H and O–H groups in total. The van der Waals surface area contributed by atoms with E-state index < -0.39 is 0 Å². The maximum absolute atomic E-state index is 9.79. The molecular weight excluding hydrogens is 196 g/mol. The van der Waals surface area contributed by atoms with Gasteiger partial charge in [-0.05, 0) is 24.1 Å². The summed E-state index contributed by atoms with van der Waals surface area (Å²) >= 11 is 5.76. The molecule has 0 radical (unpaired) electrons. The van der Waals surface area contributed by atoms with Gasteiger partial charge < -0.3 is 5.11 Å². The molecule has 0 bridgehead atoms. The Balaban J connectivity index is 2.43. The van der Waals surface area contributed by atoms with E-state index in [-0.39, 0.29) is 6.10 Å². The van der Waals surface area contributed by atoms with E-state index in [9.17, 15) is 5.11 Å². The molecule has 0 aliphatic rings. The predicted molar refractivity (Wildman–Crippen MR) is 60.6 cm³/mol. The smallest absolute Gasteiger partial charge is 0.0790 e. The van der Waals surface area contributed by atoms with Crippen LogP contribution in [0.3, 0.4) is 0 Å². The summed E-state index contributed by atoms with van der Waals surface area (Å²) in [5.41, 5.74) is 0.963. The highest BCUT2D eigenvalue weighted by molar-refractivity contribution is 6.30. The zero-order valence-corrected chi connectivity index (χ0v) is 9.30. The molecule has 0 saturated carbocycles. The maximum atomic E-state index is 9.79. The van der Waals surface area contributed by atoms with Gasteiger partial charge in [-0.2, -0.15) is 0 Å². The van der Waals surface area contributed by atoms with Crippen LogP contribution in [0, 0.1) is 0 Å². The van der Waals surface area contributed by atoms with Gasteiger partial charge >= 0.3 is 0 Å². The van der Waals surface area contributed by atoms with Crippen molar-refractivity contribution in [3.63, 3.8) is 0 Å². The van der Waals surface area contributed by atoms with Gasteiger partial charge in [-0.25, -0.2) is 0 Å². The van der Waals surface area contributed by atoms with Crippen LogP contribution >= 0.6 is 11.6 Å². The third-order valence-corrected chi connectivity index (χ3v) is 2.59. The summed E-state index contributed by atoms with van der Waals surface area (Å²) in [6.07, 6.45) is 3.96. The fourth-order valence-electron chi connectivity index (χ4n) is 1.44. The lowest BCUT2D eigenvalue weighted by Gasteiger charge is -2.10. The molecule has 0 amide bonds. The summed E-state index contributed by atoms with van der Waals surface area (Å²) < 4.78 is 0. The summed E-state index contributed by atoms with van der Waals surface area (Å²) in [7, 11) is 0. The van der Waals surface area contributed by atoms with Crippen molar-refractivity contribution in [1.82, 2.24) is 0 Å². The molecule has 1 aromatic carbocycles. The van der Waals surface area contributed by atoms with Crippen LogP contribution in [0.25, 0.3) is 0 Å². The lowest BCUT2D eigenvalue weighted by atomic mass is 10.0. The molecule has 0 aromatic heterocycles. The molecule has 0 aliphatic heterocycles. The zero-order valence-electron chi connectivity index (χ0n) is 8.54. The number of hydrogen-bond donors (Lipinski definition) is 1. The van der Waals surface area contributed by atoms with E-state index in [1.807, 2.05) is 24.3 Å². The predicted octanol–water partition coefficient (Wildman–Crippen LogP) is 3.95. The van der Waals surface area contributed by atoms with Crippen LogP contribution in [0.15, 0.2) is 24.3 Å². The first kappa shape index (κ1) is 11.5. The Morgan fingerprint density at radius 3 is 2.43 bits per heavy atom. The van der Waals surface area contributed by atoms with Crippen molar-refractivity contribution in [1.29, 1.82) is 0 Å². The molecule has 0 aliphatic carbocycles. The highest BCUT2D eigenvalue weighted by atomic mass is 35.5. The molecule has 1 nitrogen and oxygen atoms in total. The monoisotopic (exact) mass is 212 g/mol. The summed E-state index contributed by atoms with van der Waals surface area (Å²) in [4.78, 5) is 0. The number of hydrogen-bond acceptors (Lipinski definition) is 1. The number of unbranched alkanes of at least 4 members (excludes halogenated alkanes) is 2. The molecule has 2 heteroatoms. The lowest BCUT2D eigenvalue weighted by Crippen LogP contribution is -1.96. The summed E-state index contributed by atoms with van der Waals surface area (Å²) in [6.45, 7) is 2.16. The van der Waals surface area contributed by atoms with Crippen molar-refractivity contribution in [2.45, 2.75) is 38.7 Å². The van der Waals surface area contributed by atoms with E-state index >= 15 is 0 Å². The Morgan fingerprint density at radius 1 is 1.21 bits per heavy atom. The molecule has 78 valence electrons. The van der Waals surface area contributed by atoms with E-state index in [2.05, 4.69) is 6.92 Å². The van der Waals surface area contributed by atoms with Crippen LogP contribution in [0.2, 0.25) is 5.02 Å². The molecule has 0 saturated heterocycles. The first-order valence-corrected chi connectivity index (χ1v) is 5.55. The third kappa shape index (κ3) is 3.69. The van der Waals surface area contributed by atoms with Crippen LogP contribution in [0.5, 0.6) is 0 Å². The quantitative estimate of drug-likeness (QED) is 0.733. The van der Waals surface area contributed by atoms with Crippen molar-refractivity contribution in [3.8, 4) is 0 Å². The Morgan fingerprint density at radius 2 is 1.86 bits per heavy atom. The Kier molecular flexibility index (Phi) is 4.99. The van der Waals surface area contributed by atoms with Crippen LogP contribution in [0.1, 0.15) is 44.3 Å². The Hall–Kier alpha value is -0.530. The minimum absolute atomic E-state index is 0.334. The second-order valence-corrected chi connectivity index (χ2v) is 4.00. The minimum Gasteiger partial charge on any atom is -0.388 e. The van der Waals surface area contributed by atoms with Gasteiger partial charge in [0.1, 0.15) is 0 Å². The molecule has 14 heavy (non-hydrogen) atoms. The average molecular weight is 213 g/mol. The first-order chi connectivity index (χ1) is 6.74. The number of aliphatic hydroxyl groups is 1. The van der Waals surface area contributed by atoms with Crippen molar-refractivity contribution in [2.75, 3.05) is 0 Å². The van der Waals surface area contributed by atoms with Gasteiger partial charge in [0.2, 0.25) is 0 Å². The van der Waals surface area contributed by atoms with E-state index in [1.165, 1.54) is 12.8 Å². The normalized spacial score (nSPS) is 12.8. The van der Waals surface area contributed by atoms with Gasteiger partial charge in [-0.3, -0.25) is 0 Å². The Bertz CT molecular complexity index is 256. The number of rotatable bonds is 5. The van der Waals surface area contributed by atoms with Gasteiger partial charge in [-0.15, -0.1) is 0 Å². The van der Waals surface area contributed by atoms with Gasteiger partial charge in [-0.1, -0.05) is 49.9 Å². The molecular formula is C12H17ClO. The van der Waals surface area contributed by atoms with Crippen molar-refractivity contribution in [3.05, 3.63) is 34.9 Å².